The normalized spacial score (nSPS) is 10.6. The second kappa shape index (κ2) is 3.91. The molecular weight excluding hydrogens is 198 g/mol. The Morgan fingerprint density at radius 2 is 2.07 bits per heavy atom. The van der Waals surface area contributed by atoms with E-state index in [2.05, 4.69) is 11.8 Å². The maximum atomic E-state index is 9.39. The molecule has 0 bridgehead atoms. The molecule has 0 unspecified atom stereocenters. The summed E-state index contributed by atoms with van der Waals surface area (Å²) >= 11 is 5.89. The summed E-state index contributed by atoms with van der Waals surface area (Å²) in [4.78, 5) is 0. The van der Waals surface area contributed by atoms with E-state index >= 15 is 0 Å². The molecule has 0 aliphatic rings. The van der Waals surface area contributed by atoms with Crippen molar-refractivity contribution in [3.63, 3.8) is 0 Å². The Bertz CT molecular complexity index is 396. The fourth-order valence-electron chi connectivity index (χ4n) is 0.859. The minimum Gasteiger partial charge on any atom is -0.399 e. The maximum Gasteiger partial charge on any atom is 0.120 e. The van der Waals surface area contributed by atoms with E-state index in [-0.39, 0.29) is 0 Å². The lowest BCUT2D eigenvalue weighted by Gasteiger charge is -2.06. The number of benzene rings is 1. The fourth-order valence-corrected chi connectivity index (χ4v) is 1.02. The fraction of sp³-hybridized carbons (Fsp3) is 0.273. The van der Waals surface area contributed by atoms with Crippen LogP contribution in [0.3, 0.4) is 0 Å². The van der Waals surface area contributed by atoms with Gasteiger partial charge >= 0.3 is 0 Å². The molecule has 0 amide bonds. The van der Waals surface area contributed by atoms with Crippen molar-refractivity contribution < 1.29 is 5.11 Å². The van der Waals surface area contributed by atoms with Gasteiger partial charge in [0.05, 0.1) is 5.02 Å². The molecular formula is C11H12ClNO. The Kier molecular flexibility index (Phi) is 3.05. The van der Waals surface area contributed by atoms with Gasteiger partial charge in [0.2, 0.25) is 0 Å². The highest BCUT2D eigenvalue weighted by Gasteiger charge is 2.06. The van der Waals surface area contributed by atoms with Gasteiger partial charge in [-0.05, 0) is 32.0 Å². The van der Waals surface area contributed by atoms with Crippen molar-refractivity contribution in [1.29, 1.82) is 0 Å². The van der Waals surface area contributed by atoms with Gasteiger partial charge < -0.3 is 10.8 Å². The van der Waals surface area contributed by atoms with Gasteiger partial charge in [0.25, 0.3) is 0 Å². The molecule has 0 fully saturated rings. The summed E-state index contributed by atoms with van der Waals surface area (Å²) in [7, 11) is 0. The Morgan fingerprint density at radius 1 is 1.43 bits per heavy atom. The highest BCUT2D eigenvalue weighted by molar-refractivity contribution is 6.31. The van der Waals surface area contributed by atoms with Crippen LogP contribution in [0.5, 0.6) is 0 Å². The van der Waals surface area contributed by atoms with Gasteiger partial charge in [-0.2, -0.15) is 0 Å². The van der Waals surface area contributed by atoms with Crippen molar-refractivity contribution in [1.82, 2.24) is 0 Å². The molecule has 0 spiro atoms. The van der Waals surface area contributed by atoms with E-state index in [9.17, 15) is 5.11 Å². The number of rotatable bonds is 0. The van der Waals surface area contributed by atoms with Gasteiger partial charge in [0.1, 0.15) is 5.60 Å². The largest absolute Gasteiger partial charge is 0.399 e. The summed E-state index contributed by atoms with van der Waals surface area (Å²) in [6.07, 6.45) is 0. The van der Waals surface area contributed by atoms with Gasteiger partial charge in [0.15, 0.2) is 0 Å². The van der Waals surface area contributed by atoms with Crippen LogP contribution < -0.4 is 5.73 Å². The van der Waals surface area contributed by atoms with Crippen LogP contribution >= 0.6 is 11.6 Å². The zero-order valence-electron chi connectivity index (χ0n) is 8.13. The number of nitrogens with two attached hydrogens (primary N) is 1. The minimum atomic E-state index is -1.02. The molecule has 3 N–H and O–H groups in total. The zero-order valence-corrected chi connectivity index (χ0v) is 8.89. The van der Waals surface area contributed by atoms with Gasteiger partial charge in [0, 0.05) is 11.3 Å². The lowest BCUT2D eigenvalue weighted by atomic mass is 10.1. The minimum absolute atomic E-state index is 0.538. The van der Waals surface area contributed by atoms with Gasteiger partial charge in [-0.1, -0.05) is 23.4 Å². The third-order valence-corrected chi connectivity index (χ3v) is 1.82. The molecule has 0 aromatic heterocycles. The van der Waals surface area contributed by atoms with Crippen molar-refractivity contribution in [2.24, 2.45) is 0 Å². The van der Waals surface area contributed by atoms with Gasteiger partial charge in [-0.15, -0.1) is 0 Å². The lowest BCUT2D eigenvalue weighted by Crippen LogP contribution is -2.14. The predicted molar refractivity (Wildman–Crippen MR) is 59.0 cm³/mol. The SMILES string of the molecule is CC(C)(O)C#Cc1cc(N)ccc1Cl. The Morgan fingerprint density at radius 3 is 2.64 bits per heavy atom. The standard InChI is InChI=1S/C11H12ClNO/c1-11(2,14)6-5-8-7-9(13)3-4-10(8)12/h3-4,7,14H,13H2,1-2H3. The number of nitrogen functional groups attached to an aromatic ring is 1. The molecule has 0 saturated carbocycles. The molecule has 0 aliphatic carbocycles. The van der Waals surface area contributed by atoms with Gasteiger partial charge in [-0.3, -0.25) is 0 Å². The average Bonchev–Trinajstić information content (AvgIpc) is 2.05. The summed E-state index contributed by atoms with van der Waals surface area (Å²) in [5.41, 5.74) is 5.80. The molecule has 74 valence electrons. The van der Waals surface area contributed by atoms with Crippen LogP contribution in [0.1, 0.15) is 19.4 Å². The monoisotopic (exact) mass is 209 g/mol. The Balaban J connectivity index is 3.06. The van der Waals surface area contributed by atoms with Crippen molar-refractivity contribution in [2.45, 2.75) is 19.4 Å². The maximum absolute atomic E-state index is 9.39. The molecule has 14 heavy (non-hydrogen) atoms. The van der Waals surface area contributed by atoms with Crippen molar-refractivity contribution in [2.75, 3.05) is 5.73 Å². The number of hydrogen-bond donors (Lipinski definition) is 2. The first-order valence-corrected chi connectivity index (χ1v) is 4.57. The van der Waals surface area contributed by atoms with Crippen molar-refractivity contribution in [3.05, 3.63) is 28.8 Å². The van der Waals surface area contributed by atoms with Crippen LogP contribution in [0.4, 0.5) is 5.69 Å². The number of hydrogen-bond acceptors (Lipinski definition) is 2. The molecule has 0 aliphatic heterocycles. The van der Waals surface area contributed by atoms with Crippen molar-refractivity contribution in [3.8, 4) is 11.8 Å². The topological polar surface area (TPSA) is 46.2 Å². The third kappa shape index (κ3) is 3.29. The van der Waals surface area contributed by atoms with Crippen LogP contribution in [-0.2, 0) is 0 Å². The molecule has 1 aromatic rings. The summed E-state index contributed by atoms with van der Waals surface area (Å²) in [6.45, 7) is 3.22. The lowest BCUT2D eigenvalue weighted by molar-refractivity contribution is 0.143. The van der Waals surface area contributed by atoms with E-state index in [4.69, 9.17) is 17.3 Å². The summed E-state index contributed by atoms with van der Waals surface area (Å²) in [5.74, 6) is 5.45. The Hall–Kier alpha value is -1.17. The molecule has 0 atom stereocenters. The quantitative estimate of drug-likeness (QED) is 0.508. The number of aliphatic hydroxyl groups is 1. The first-order chi connectivity index (χ1) is 6.38. The predicted octanol–water partition coefficient (Wildman–Crippen LogP) is 2.04. The van der Waals surface area contributed by atoms with Crippen LogP contribution in [0, 0.1) is 11.8 Å². The Labute approximate surface area is 88.7 Å². The van der Waals surface area contributed by atoms with Gasteiger partial charge in [-0.25, -0.2) is 0 Å². The molecule has 0 heterocycles. The molecule has 2 nitrogen and oxygen atoms in total. The van der Waals surface area contributed by atoms with E-state index in [1.807, 2.05) is 0 Å². The number of anilines is 1. The molecule has 1 rings (SSSR count). The van der Waals surface area contributed by atoms with Crippen LogP contribution in [0.2, 0.25) is 5.02 Å². The van der Waals surface area contributed by atoms with E-state index in [1.165, 1.54) is 0 Å². The van der Waals surface area contributed by atoms with Crippen LogP contribution in [0.15, 0.2) is 18.2 Å². The summed E-state index contributed by atoms with van der Waals surface area (Å²) in [6, 6.07) is 5.07. The molecule has 1 aromatic carbocycles. The van der Waals surface area contributed by atoms with E-state index in [0.29, 0.717) is 16.3 Å². The highest BCUT2D eigenvalue weighted by Crippen LogP contribution is 2.17. The van der Waals surface area contributed by atoms with E-state index in [1.54, 1.807) is 32.0 Å². The zero-order chi connectivity index (χ0) is 10.8. The first kappa shape index (κ1) is 10.9. The third-order valence-electron chi connectivity index (χ3n) is 1.49. The van der Waals surface area contributed by atoms with Crippen molar-refractivity contribution >= 4 is 17.3 Å². The molecule has 0 radical (unpaired) electrons. The van der Waals surface area contributed by atoms with E-state index in [0.717, 1.165) is 0 Å². The summed E-state index contributed by atoms with van der Waals surface area (Å²) in [5, 5.41) is 9.93. The van der Waals surface area contributed by atoms with Crippen LogP contribution in [-0.4, -0.2) is 10.7 Å². The molecule has 3 heteroatoms. The first-order valence-electron chi connectivity index (χ1n) is 4.19. The highest BCUT2D eigenvalue weighted by atomic mass is 35.5. The average molecular weight is 210 g/mol. The second-order valence-electron chi connectivity index (χ2n) is 3.55. The van der Waals surface area contributed by atoms with Crippen LogP contribution in [0.25, 0.3) is 0 Å². The second-order valence-corrected chi connectivity index (χ2v) is 3.96. The molecule has 0 saturated heterocycles. The number of halogens is 1. The smallest absolute Gasteiger partial charge is 0.120 e. The van der Waals surface area contributed by atoms with E-state index < -0.39 is 5.60 Å². The summed E-state index contributed by atoms with van der Waals surface area (Å²) < 4.78 is 0.